The quantitative estimate of drug-likeness (QED) is 0.0541. The fourth-order valence-corrected chi connectivity index (χ4v) is 4.94. The molecular formula is C39H69F2NO6. The fourth-order valence-electron chi connectivity index (χ4n) is 4.94. The first-order valence-electron chi connectivity index (χ1n) is 18.1. The van der Waals surface area contributed by atoms with E-state index in [2.05, 4.69) is 23.9 Å². The Morgan fingerprint density at radius 1 is 0.896 bits per heavy atom. The molecule has 0 heterocycles. The molecule has 2 unspecified atom stereocenters. The second-order valence-electron chi connectivity index (χ2n) is 12.5. The Morgan fingerprint density at radius 2 is 1.46 bits per heavy atom. The second-order valence-corrected chi connectivity index (χ2v) is 12.5. The van der Waals surface area contributed by atoms with Crippen LogP contribution in [0.3, 0.4) is 0 Å². The maximum Gasteiger partial charge on any atom is 0.307 e. The summed E-state index contributed by atoms with van der Waals surface area (Å²) in [7, 11) is 6.62. The number of hydrogen-bond donors (Lipinski definition) is 2. The lowest BCUT2D eigenvalue weighted by atomic mass is 9.90. The van der Waals surface area contributed by atoms with Crippen molar-refractivity contribution in [3.8, 4) is 5.75 Å². The van der Waals surface area contributed by atoms with Gasteiger partial charge in [0, 0.05) is 40.8 Å². The topological polar surface area (TPSA) is 94.1 Å². The average Bonchev–Trinajstić information content (AvgIpc) is 3.06. The molecule has 0 radical (unpaired) electrons. The van der Waals surface area contributed by atoms with Gasteiger partial charge in [-0.15, -0.1) is 0 Å². The van der Waals surface area contributed by atoms with Crippen molar-refractivity contribution in [1.29, 1.82) is 0 Å². The average molecular weight is 686 g/mol. The number of unbranched alkanes of at least 4 members (excludes halogenated alkanes) is 9. The number of alkyl halides is 2. The van der Waals surface area contributed by atoms with E-state index in [0.717, 1.165) is 94.8 Å². The molecule has 0 aliphatic carbocycles. The number of methoxy groups -OCH3 is 2. The van der Waals surface area contributed by atoms with E-state index >= 15 is 0 Å². The van der Waals surface area contributed by atoms with Crippen molar-refractivity contribution in [2.24, 2.45) is 11.8 Å². The van der Waals surface area contributed by atoms with Crippen LogP contribution < -0.4 is 10.1 Å². The van der Waals surface area contributed by atoms with E-state index in [1.165, 1.54) is 0 Å². The smallest absolute Gasteiger partial charge is 0.307 e. The number of aliphatic carboxylic acids is 1. The lowest BCUT2D eigenvalue weighted by Gasteiger charge is -2.16. The normalized spacial score (nSPS) is 13.1. The van der Waals surface area contributed by atoms with Crippen LogP contribution in [0.1, 0.15) is 123 Å². The SMILES string of the molecule is CCCCCCCC(F)(F)CCCCCC/C=C/[C@H](C)C(CCOC)C(=O)O.CCCCOc1ccc(CC(C=O)NC)cc1.COC. The second kappa shape index (κ2) is 33.2. The van der Waals surface area contributed by atoms with Crippen LogP contribution in [0.5, 0.6) is 5.75 Å². The zero-order valence-corrected chi connectivity index (χ0v) is 31.2. The Hall–Kier alpha value is -2.36. The van der Waals surface area contributed by atoms with E-state index in [0.29, 0.717) is 25.9 Å². The van der Waals surface area contributed by atoms with Crippen molar-refractivity contribution >= 4 is 12.3 Å². The highest BCUT2D eigenvalue weighted by molar-refractivity contribution is 5.70. The number of rotatable bonds is 27. The molecule has 1 aromatic carbocycles. The van der Waals surface area contributed by atoms with E-state index in [1.54, 1.807) is 28.4 Å². The van der Waals surface area contributed by atoms with Crippen LogP contribution in [0.15, 0.2) is 36.4 Å². The van der Waals surface area contributed by atoms with E-state index in [4.69, 9.17) is 9.47 Å². The summed E-state index contributed by atoms with van der Waals surface area (Å²) in [6.07, 6.45) is 17.5. The third kappa shape index (κ3) is 28.6. The highest BCUT2D eigenvalue weighted by Gasteiger charge is 2.27. The Kier molecular flexibility index (Phi) is 33.0. The largest absolute Gasteiger partial charge is 0.494 e. The summed E-state index contributed by atoms with van der Waals surface area (Å²) >= 11 is 0. The molecule has 0 saturated heterocycles. The molecule has 0 aliphatic rings. The monoisotopic (exact) mass is 686 g/mol. The first-order valence-corrected chi connectivity index (χ1v) is 18.1. The van der Waals surface area contributed by atoms with Gasteiger partial charge < -0.3 is 29.4 Å². The van der Waals surface area contributed by atoms with Gasteiger partial charge in [-0.25, -0.2) is 8.78 Å². The number of benzene rings is 1. The minimum Gasteiger partial charge on any atom is -0.494 e. The van der Waals surface area contributed by atoms with Crippen LogP contribution in [-0.2, 0) is 25.5 Å². The number of carboxylic acid groups (broad SMARTS) is 1. The number of carbonyl (C=O) groups excluding carboxylic acids is 1. The highest BCUT2D eigenvalue weighted by Crippen LogP contribution is 2.28. The van der Waals surface area contributed by atoms with Crippen LogP contribution >= 0.6 is 0 Å². The molecule has 0 spiro atoms. The Bertz CT molecular complexity index is 897. The predicted octanol–water partition coefficient (Wildman–Crippen LogP) is 9.71. The first kappa shape index (κ1) is 47.8. The molecule has 0 fully saturated rings. The summed E-state index contributed by atoms with van der Waals surface area (Å²) in [4.78, 5) is 22.0. The van der Waals surface area contributed by atoms with Gasteiger partial charge in [0.2, 0.25) is 5.92 Å². The van der Waals surface area contributed by atoms with Crippen LogP contribution in [0, 0.1) is 11.8 Å². The lowest BCUT2D eigenvalue weighted by Crippen LogP contribution is -2.28. The Balaban J connectivity index is 0. The van der Waals surface area contributed by atoms with Gasteiger partial charge in [-0.2, -0.15) is 0 Å². The van der Waals surface area contributed by atoms with Crippen LogP contribution in [0.25, 0.3) is 0 Å². The van der Waals surface area contributed by atoms with E-state index in [-0.39, 0.29) is 24.8 Å². The van der Waals surface area contributed by atoms with Crippen molar-refractivity contribution in [1.82, 2.24) is 5.32 Å². The number of likely N-dealkylation sites (N-methyl/N-ethyl adjacent to an activating group) is 1. The summed E-state index contributed by atoms with van der Waals surface area (Å²) in [6, 6.07) is 7.83. The summed E-state index contributed by atoms with van der Waals surface area (Å²) in [6.45, 7) is 7.39. The molecule has 0 aromatic heterocycles. The third-order valence-corrected chi connectivity index (χ3v) is 8.01. The van der Waals surface area contributed by atoms with Crippen molar-refractivity contribution < 1.29 is 37.7 Å². The summed E-state index contributed by atoms with van der Waals surface area (Å²) < 4.78 is 42.4. The number of halogens is 2. The van der Waals surface area contributed by atoms with Gasteiger partial charge in [0.1, 0.15) is 12.0 Å². The fraction of sp³-hybridized carbons (Fsp3) is 0.744. The maximum atomic E-state index is 13.8. The molecule has 0 aliphatic heterocycles. The zero-order valence-electron chi connectivity index (χ0n) is 31.2. The molecule has 280 valence electrons. The zero-order chi connectivity index (χ0) is 36.5. The highest BCUT2D eigenvalue weighted by atomic mass is 19.3. The minimum absolute atomic E-state index is 0.00738. The Labute approximate surface area is 291 Å². The minimum atomic E-state index is -2.50. The van der Waals surface area contributed by atoms with E-state index < -0.39 is 17.8 Å². The van der Waals surface area contributed by atoms with Crippen molar-refractivity contribution in [3.05, 3.63) is 42.0 Å². The lowest BCUT2D eigenvalue weighted by molar-refractivity contribution is -0.143. The first-order chi connectivity index (χ1) is 23.0. The molecule has 7 nitrogen and oxygen atoms in total. The van der Waals surface area contributed by atoms with E-state index in [9.17, 15) is 23.5 Å². The van der Waals surface area contributed by atoms with Crippen LogP contribution in [0.2, 0.25) is 0 Å². The van der Waals surface area contributed by atoms with Gasteiger partial charge in [-0.1, -0.05) is 90.0 Å². The molecule has 9 heteroatoms. The molecule has 48 heavy (non-hydrogen) atoms. The van der Waals surface area contributed by atoms with Crippen molar-refractivity contribution in [2.45, 2.75) is 135 Å². The number of carbonyl (C=O) groups is 2. The number of aldehydes is 1. The number of ether oxygens (including phenoxy) is 3. The number of nitrogens with one attached hydrogen (secondary N) is 1. The Morgan fingerprint density at radius 3 is 1.96 bits per heavy atom. The van der Waals surface area contributed by atoms with Crippen LogP contribution in [-0.4, -0.2) is 70.9 Å². The molecule has 0 amide bonds. The van der Waals surface area contributed by atoms with Gasteiger partial charge in [-0.05, 0) is 75.6 Å². The van der Waals surface area contributed by atoms with Crippen LogP contribution in [0.4, 0.5) is 8.78 Å². The predicted molar refractivity (Wildman–Crippen MR) is 194 cm³/mol. The maximum absolute atomic E-state index is 13.8. The van der Waals surface area contributed by atoms with Gasteiger partial charge in [0.05, 0.1) is 18.6 Å². The molecule has 1 aromatic rings. The van der Waals surface area contributed by atoms with E-state index in [1.807, 2.05) is 43.3 Å². The summed E-state index contributed by atoms with van der Waals surface area (Å²) in [5, 5.41) is 12.2. The standard InChI is InChI=1S/C23H42F2O3.C14H21NO2.C2H6O/c1-4-5-6-10-13-17-23(24,25)18-14-11-8-7-9-12-15-20(2)21(22(26)27)16-19-28-3;1-3-4-9-17-14-7-5-12(6-8-14)10-13(11-16)15-2;1-3-2/h12,15,20-21H,4-11,13-14,16-19H2,1-3H3,(H,26,27);5-8,11,13,15H,3-4,9-10H2,1-2H3;1-2H3/b15-12+;;/t20-,21?;;/m0../s1. The molecule has 1 rings (SSSR count). The van der Waals surface area contributed by atoms with Gasteiger partial charge >= 0.3 is 5.97 Å². The molecular weight excluding hydrogens is 616 g/mol. The van der Waals surface area contributed by atoms with Crippen molar-refractivity contribution in [2.75, 3.05) is 41.6 Å². The summed E-state index contributed by atoms with van der Waals surface area (Å²) in [5.74, 6) is -2.87. The summed E-state index contributed by atoms with van der Waals surface area (Å²) in [5.41, 5.74) is 1.14. The number of hydrogen-bond acceptors (Lipinski definition) is 6. The molecule has 0 bridgehead atoms. The van der Waals surface area contributed by atoms with Crippen molar-refractivity contribution in [3.63, 3.8) is 0 Å². The number of allylic oxidation sites excluding steroid dienone is 2. The number of carboxylic acids is 1. The third-order valence-electron chi connectivity index (χ3n) is 8.01. The molecule has 3 atom stereocenters. The molecule has 0 saturated carbocycles. The molecule has 2 N–H and O–H groups in total. The van der Waals surface area contributed by atoms with Gasteiger partial charge in [-0.3, -0.25) is 4.79 Å². The van der Waals surface area contributed by atoms with Gasteiger partial charge in [0.25, 0.3) is 0 Å². The van der Waals surface area contributed by atoms with Gasteiger partial charge in [0.15, 0.2) is 0 Å².